The summed E-state index contributed by atoms with van der Waals surface area (Å²) >= 11 is 3.38. The first-order valence-electron chi connectivity index (χ1n) is 7.02. The Bertz CT molecular complexity index is 611. The van der Waals surface area contributed by atoms with Gasteiger partial charge in [0.25, 0.3) is 5.91 Å². The summed E-state index contributed by atoms with van der Waals surface area (Å²) < 4.78 is 6.09. The first-order valence-corrected chi connectivity index (χ1v) is 8.88. The zero-order valence-electron chi connectivity index (χ0n) is 13.0. The van der Waals surface area contributed by atoms with Crippen LogP contribution in [-0.2, 0) is 10.5 Å². The van der Waals surface area contributed by atoms with Crippen LogP contribution in [0.5, 0.6) is 0 Å². The maximum Gasteiger partial charge on any atom is 0.251 e. The Balaban J connectivity index is 1.88. The highest BCUT2D eigenvalue weighted by Gasteiger charge is 2.09. The number of amides is 1. The third-order valence-electron chi connectivity index (χ3n) is 2.97. The van der Waals surface area contributed by atoms with Crippen molar-refractivity contribution in [3.63, 3.8) is 0 Å². The standard InChI is InChI=1S/C16H20N2O2S2/c1-11(8-20-3)17-15(19)14-6-4-13(5-7-14)10-22-16-18-12(2)9-21-16/h4-7,9,11H,8,10H2,1-3H3,(H,17,19)/t11-/m0/s1. The molecule has 1 amide bonds. The van der Waals surface area contributed by atoms with Gasteiger partial charge in [-0.05, 0) is 31.5 Å². The second-order valence-corrected chi connectivity index (χ2v) is 7.15. The Morgan fingerprint density at radius 3 is 2.73 bits per heavy atom. The third-order valence-corrected chi connectivity index (χ3v) is 5.18. The van der Waals surface area contributed by atoms with Gasteiger partial charge in [-0.2, -0.15) is 0 Å². The van der Waals surface area contributed by atoms with E-state index in [0.717, 1.165) is 15.8 Å². The molecule has 4 nitrogen and oxygen atoms in total. The molecule has 1 aromatic carbocycles. The van der Waals surface area contributed by atoms with Crippen molar-refractivity contribution in [3.05, 3.63) is 46.5 Å². The first kappa shape index (κ1) is 17.0. The highest BCUT2D eigenvalue weighted by atomic mass is 32.2. The number of thiazole rings is 1. The zero-order chi connectivity index (χ0) is 15.9. The molecule has 0 radical (unpaired) electrons. The van der Waals surface area contributed by atoms with E-state index in [2.05, 4.69) is 15.7 Å². The van der Waals surface area contributed by atoms with E-state index in [9.17, 15) is 4.79 Å². The molecule has 2 aromatic rings. The molecule has 0 unspecified atom stereocenters. The maximum absolute atomic E-state index is 12.0. The van der Waals surface area contributed by atoms with Crippen LogP contribution < -0.4 is 5.32 Å². The molecular weight excluding hydrogens is 316 g/mol. The molecule has 1 atom stereocenters. The fraction of sp³-hybridized carbons (Fsp3) is 0.375. The van der Waals surface area contributed by atoms with Gasteiger partial charge in [-0.15, -0.1) is 11.3 Å². The Morgan fingerprint density at radius 1 is 1.41 bits per heavy atom. The van der Waals surface area contributed by atoms with Gasteiger partial charge < -0.3 is 10.1 Å². The average Bonchev–Trinajstić information content (AvgIpc) is 2.91. The summed E-state index contributed by atoms with van der Waals surface area (Å²) in [6.07, 6.45) is 0. The number of methoxy groups -OCH3 is 1. The van der Waals surface area contributed by atoms with Crippen LogP contribution in [0.4, 0.5) is 0 Å². The molecular formula is C16H20N2O2S2. The van der Waals surface area contributed by atoms with Gasteiger partial charge in [0, 0.05) is 35.5 Å². The second kappa shape index (κ2) is 8.31. The van der Waals surface area contributed by atoms with Crippen LogP contribution in [0.25, 0.3) is 0 Å². The minimum atomic E-state index is -0.0701. The summed E-state index contributed by atoms with van der Waals surface area (Å²) in [6.45, 7) is 4.43. The van der Waals surface area contributed by atoms with Crippen molar-refractivity contribution >= 4 is 29.0 Å². The number of hydrogen-bond donors (Lipinski definition) is 1. The van der Waals surface area contributed by atoms with Crippen molar-refractivity contribution in [2.24, 2.45) is 0 Å². The Kier molecular flexibility index (Phi) is 6.42. The zero-order valence-corrected chi connectivity index (χ0v) is 14.6. The number of aromatic nitrogens is 1. The molecule has 1 heterocycles. The van der Waals surface area contributed by atoms with Gasteiger partial charge in [0.15, 0.2) is 0 Å². The Hall–Kier alpha value is -1.37. The van der Waals surface area contributed by atoms with E-state index in [1.165, 1.54) is 5.56 Å². The fourth-order valence-electron chi connectivity index (χ4n) is 1.89. The molecule has 0 saturated heterocycles. The summed E-state index contributed by atoms with van der Waals surface area (Å²) in [7, 11) is 1.62. The number of nitrogens with zero attached hydrogens (tertiary/aromatic N) is 1. The molecule has 1 aromatic heterocycles. The lowest BCUT2D eigenvalue weighted by Gasteiger charge is -2.12. The molecule has 0 fully saturated rings. The topological polar surface area (TPSA) is 51.2 Å². The van der Waals surface area contributed by atoms with E-state index in [0.29, 0.717) is 12.2 Å². The van der Waals surface area contributed by atoms with Crippen LogP contribution in [0.2, 0.25) is 0 Å². The number of benzene rings is 1. The van der Waals surface area contributed by atoms with Crippen LogP contribution in [0.15, 0.2) is 34.0 Å². The molecule has 2 rings (SSSR count). The van der Waals surface area contributed by atoms with Gasteiger partial charge in [0.2, 0.25) is 0 Å². The predicted molar refractivity (Wildman–Crippen MR) is 91.7 cm³/mol. The van der Waals surface area contributed by atoms with Gasteiger partial charge in [0.05, 0.1) is 6.61 Å². The van der Waals surface area contributed by atoms with Crippen LogP contribution in [-0.4, -0.2) is 30.6 Å². The minimum absolute atomic E-state index is 0.000810. The van der Waals surface area contributed by atoms with Crippen molar-refractivity contribution < 1.29 is 9.53 Å². The molecule has 0 saturated carbocycles. The molecule has 22 heavy (non-hydrogen) atoms. The lowest BCUT2D eigenvalue weighted by Crippen LogP contribution is -2.35. The lowest BCUT2D eigenvalue weighted by atomic mass is 10.1. The normalized spacial score (nSPS) is 12.1. The van der Waals surface area contributed by atoms with Gasteiger partial charge >= 0.3 is 0 Å². The van der Waals surface area contributed by atoms with E-state index in [1.54, 1.807) is 30.2 Å². The summed E-state index contributed by atoms with van der Waals surface area (Å²) in [5.74, 6) is 0.786. The fourth-order valence-corrected chi connectivity index (χ4v) is 3.70. The number of aryl methyl sites for hydroxylation is 1. The highest BCUT2D eigenvalue weighted by Crippen LogP contribution is 2.26. The monoisotopic (exact) mass is 336 g/mol. The number of thioether (sulfide) groups is 1. The van der Waals surface area contributed by atoms with Crippen molar-refractivity contribution in [2.45, 2.75) is 30.0 Å². The van der Waals surface area contributed by atoms with Crippen LogP contribution >= 0.6 is 23.1 Å². The van der Waals surface area contributed by atoms with E-state index in [4.69, 9.17) is 4.74 Å². The smallest absolute Gasteiger partial charge is 0.251 e. The SMILES string of the molecule is COC[C@H](C)NC(=O)c1ccc(CSc2nc(C)cs2)cc1. The Labute approximate surface area is 139 Å². The van der Waals surface area contributed by atoms with Gasteiger partial charge in [-0.25, -0.2) is 4.98 Å². The summed E-state index contributed by atoms with van der Waals surface area (Å²) in [4.78, 5) is 16.5. The summed E-state index contributed by atoms with van der Waals surface area (Å²) in [6, 6.07) is 7.70. The lowest BCUT2D eigenvalue weighted by molar-refractivity contribution is 0.0905. The van der Waals surface area contributed by atoms with Crippen molar-refractivity contribution in [1.29, 1.82) is 0 Å². The summed E-state index contributed by atoms with van der Waals surface area (Å²) in [5.41, 5.74) is 2.91. The number of carbonyl (C=O) groups is 1. The third kappa shape index (κ3) is 5.12. The molecule has 0 bridgehead atoms. The van der Waals surface area contributed by atoms with Gasteiger partial charge in [-0.3, -0.25) is 4.79 Å². The Morgan fingerprint density at radius 2 is 2.14 bits per heavy atom. The number of nitrogens with one attached hydrogen (secondary N) is 1. The highest BCUT2D eigenvalue weighted by molar-refractivity contribution is 8.00. The van der Waals surface area contributed by atoms with Gasteiger partial charge in [-0.1, -0.05) is 23.9 Å². The molecule has 6 heteroatoms. The molecule has 118 valence electrons. The number of hydrogen-bond acceptors (Lipinski definition) is 5. The van der Waals surface area contributed by atoms with E-state index < -0.39 is 0 Å². The summed E-state index contributed by atoms with van der Waals surface area (Å²) in [5, 5.41) is 4.95. The molecule has 0 aliphatic carbocycles. The molecule has 1 N–H and O–H groups in total. The molecule has 0 aliphatic heterocycles. The largest absolute Gasteiger partial charge is 0.383 e. The average molecular weight is 336 g/mol. The van der Waals surface area contributed by atoms with Crippen LogP contribution in [0.1, 0.15) is 28.5 Å². The number of rotatable bonds is 7. The van der Waals surface area contributed by atoms with Crippen LogP contribution in [0, 0.1) is 6.92 Å². The van der Waals surface area contributed by atoms with E-state index in [1.807, 2.05) is 38.1 Å². The molecule has 0 spiro atoms. The maximum atomic E-state index is 12.0. The van der Waals surface area contributed by atoms with Crippen LogP contribution in [0.3, 0.4) is 0 Å². The van der Waals surface area contributed by atoms with E-state index >= 15 is 0 Å². The van der Waals surface area contributed by atoms with Crippen molar-refractivity contribution in [1.82, 2.24) is 10.3 Å². The second-order valence-electron chi connectivity index (χ2n) is 5.07. The first-order chi connectivity index (χ1) is 10.6. The number of ether oxygens (including phenoxy) is 1. The van der Waals surface area contributed by atoms with Gasteiger partial charge in [0.1, 0.15) is 4.34 Å². The van der Waals surface area contributed by atoms with Crippen molar-refractivity contribution in [2.75, 3.05) is 13.7 Å². The van der Waals surface area contributed by atoms with E-state index in [-0.39, 0.29) is 11.9 Å². The minimum Gasteiger partial charge on any atom is -0.383 e. The number of carbonyl (C=O) groups excluding carboxylic acids is 1. The molecule has 0 aliphatic rings. The quantitative estimate of drug-likeness (QED) is 0.786. The predicted octanol–water partition coefficient (Wildman–Crippen LogP) is 3.51. The van der Waals surface area contributed by atoms with Crippen molar-refractivity contribution in [3.8, 4) is 0 Å².